The highest BCUT2D eigenvalue weighted by molar-refractivity contribution is 6.90. The molecular weight excluding hydrogens is 260 g/mol. The van der Waals surface area contributed by atoms with E-state index in [1.807, 2.05) is 0 Å². The molecule has 0 bridgehead atoms. The lowest BCUT2D eigenvalue weighted by atomic mass is 10.0. The van der Waals surface area contributed by atoms with Gasteiger partial charge in [0.2, 0.25) is 0 Å². The molecule has 0 aromatic carbocycles. The standard InChI is InChI=1S/C18H32OSi/c1-14(2)20(15(3)4,16(5)6)12-11-17-9-7-8-10-18(19)13-17/h14-17H,7-10,13H2,1-6H3. The zero-order valence-electron chi connectivity index (χ0n) is 14.3. The third kappa shape index (κ3) is 3.98. The van der Waals surface area contributed by atoms with Crippen molar-refractivity contribution in [2.45, 2.75) is 90.3 Å². The van der Waals surface area contributed by atoms with Crippen molar-refractivity contribution in [2.75, 3.05) is 0 Å². The van der Waals surface area contributed by atoms with Gasteiger partial charge >= 0.3 is 0 Å². The summed E-state index contributed by atoms with van der Waals surface area (Å²) in [6, 6.07) is 0. The summed E-state index contributed by atoms with van der Waals surface area (Å²) in [5, 5.41) is 0. The number of Topliss-reactive ketones (excluding diaryl/α,β-unsaturated/α-hetero) is 1. The summed E-state index contributed by atoms with van der Waals surface area (Å²) < 4.78 is 0. The van der Waals surface area contributed by atoms with Crippen molar-refractivity contribution in [3.8, 4) is 11.5 Å². The molecule has 0 amide bonds. The van der Waals surface area contributed by atoms with E-state index >= 15 is 0 Å². The van der Waals surface area contributed by atoms with Gasteiger partial charge in [-0.3, -0.25) is 4.79 Å². The van der Waals surface area contributed by atoms with Gasteiger partial charge in [-0.25, -0.2) is 0 Å². The van der Waals surface area contributed by atoms with Gasteiger partial charge in [0.15, 0.2) is 0 Å². The highest BCUT2D eigenvalue weighted by atomic mass is 28.3. The van der Waals surface area contributed by atoms with Crippen LogP contribution >= 0.6 is 0 Å². The lowest BCUT2D eigenvalue weighted by Crippen LogP contribution is -2.43. The molecule has 1 saturated carbocycles. The van der Waals surface area contributed by atoms with Gasteiger partial charge in [0, 0.05) is 18.8 Å². The second-order valence-electron chi connectivity index (χ2n) is 7.35. The van der Waals surface area contributed by atoms with Crippen LogP contribution in [-0.4, -0.2) is 13.9 Å². The van der Waals surface area contributed by atoms with Crippen LogP contribution < -0.4 is 0 Å². The molecule has 0 aromatic rings. The molecule has 114 valence electrons. The highest BCUT2D eigenvalue weighted by Crippen LogP contribution is 2.41. The van der Waals surface area contributed by atoms with Crippen molar-refractivity contribution in [1.82, 2.24) is 0 Å². The number of ketones is 1. The molecule has 0 spiro atoms. The van der Waals surface area contributed by atoms with Crippen molar-refractivity contribution in [3.63, 3.8) is 0 Å². The molecule has 0 radical (unpaired) electrons. The van der Waals surface area contributed by atoms with Crippen LogP contribution in [0.1, 0.15) is 73.6 Å². The minimum Gasteiger partial charge on any atom is -0.300 e. The first kappa shape index (κ1) is 17.5. The molecule has 20 heavy (non-hydrogen) atoms. The van der Waals surface area contributed by atoms with Crippen LogP contribution in [0.3, 0.4) is 0 Å². The van der Waals surface area contributed by atoms with E-state index in [0.29, 0.717) is 34.7 Å². The van der Waals surface area contributed by atoms with E-state index < -0.39 is 8.07 Å². The molecule has 0 heterocycles. The molecule has 1 rings (SSSR count). The molecular formula is C18H32OSi. The maximum absolute atomic E-state index is 11.8. The third-order valence-electron chi connectivity index (χ3n) is 5.09. The van der Waals surface area contributed by atoms with E-state index in [1.54, 1.807) is 0 Å². The van der Waals surface area contributed by atoms with Crippen molar-refractivity contribution >= 4 is 13.9 Å². The molecule has 1 aliphatic rings. The molecule has 2 heteroatoms. The lowest BCUT2D eigenvalue weighted by Gasteiger charge is -2.38. The van der Waals surface area contributed by atoms with E-state index in [1.165, 1.54) is 6.42 Å². The fraction of sp³-hybridized carbons (Fsp3) is 0.833. The van der Waals surface area contributed by atoms with Crippen LogP contribution in [0.5, 0.6) is 0 Å². The quantitative estimate of drug-likeness (QED) is 0.389. The Morgan fingerprint density at radius 2 is 1.55 bits per heavy atom. The topological polar surface area (TPSA) is 17.1 Å². The Labute approximate surface area is 126 Å². The largest absolute Gasteiger partial charge is 0.300 e. The zero-order valence-corrected chi connectivity index (χ0v) is 15.3. The van der Waals surface area contributed by atoms with Gasteiger partial charge in [0.05, 0.1) is 0 Å². The predicted molar refractivity (Wildman–Crippen MR) is 90.4 cm³/mol. The van der Waals surface area contributed by atoms with Crippen LogP contribution in [0.15, 0.2) is 0 Å². The number of carbonyl (C=O) groups excluding carboxylic acids is 1. The first-order valence-corrected chi connectivity index (χ1v) is 10.6. The Balaban J connectivity index is 3.00. The molecule has 0 aliphatic heterocycles. The molecule has 1 unspecified atom stereocenters. The molecule has 1 atom stereocenters. The van der Waals surface area contributed by atoms with Crippen molar-refractivity contribution in [2.24, 2.45) is 5.92 Å². The van der Waals surface area contributed by atoms with E-state index in [9.17, 15) is 4.79 Å². The zero-order chi connectivity index (χ0) is 15.3. The summed E-state index contributed by atoms with van der Waals surface area (Å²) in [5.41, 5.74) is 5.82. The fourth-order valence-electron chi connectivity index (χ4n) is 3.98. The number of rotatable bonds is 3. The summed E-state index contributed by atoms with van der Waals surface area (Å²) in [6.07, 6.45) is 4.84. The van der Waals surface area contributed by atoms with Gasteiger partial charge in [-0.15, -0.1) is 11.5 Å². The molecule has 1 aliphatic carbocycles. The number of hydrogen-bond acceptors (Lipinski definition) is 1. The average molecular weight is 293 g/mol. The van der Waals surface area contributed by atoms with Gasteiger partial charge in [0.1, 0.15) is 13.9 Å². The Kier molecular flexibility index (Phi) is 6.52. The van der Waals surface area contributed by atoms with Crippen LogP contribution in [-0.2, 0) is 4.79 Å². The minimum atomic E-state index is -1.62. The van der Waals surface area contributed by atoms with Crippen molar-refractivity contribution < 1.29 is 4.79 Å². The third-order valence-corrected chi connectivity index (χ3v) is 11.4. The average Bonchev–Trinajstić information content (AvgIpc) is 2.53. The smallest absolute Gasteiger partial charge is 0.145 e. The predicted octanol–water partition coefficient (Wildman–Crippen LogP) is 5.36. The van der Waals surface area contributed by atoms with Crippen molar-refractivity contribution in [1.29, 1.82) is 0 Å². The van der Waals surface area contributed by atoms with Gasteiger partial charge in [-0.1, -0.05) is 48.0 Å². The first-order chi connectivity index (χ1) is 9.30. The molecule has 1 fully saturated rings. The Morgan fingerprint density at radius 1 is 1.00 bits per heavy atom. The van der Waals surface area contributed by atoms with E-state index in [-0.39, 0.29) is 0 Å². The summed E-state index contributed by atoms with van der Waals surface area (Å²) in [6.45, 7) is 14.1. The Bertz CT molecular complexity index is 362. The summed E-state index contributed by atoms with van der Waals surface area (Å²) >= 11 is 0. The van der Waals surface area contributed by atoms with E-state index in [2.05, 4.69) is 53.0 Å². The number of hydrogen-bond donors (Lipinski definition) is 0. The maximum atomic E-state index is 11.8. The molecule has 1 nitrogen and oxygen atoms in total. The van der Waals surface area contributed by atoms with Crippen LogP contribution in [0, 0.1) is 17.4 Å². The SMILES string of the molecule is CC(C)[Si](C#CC1CCCCC(=O)C1)(C(C)C)C(C)C. The van der Waals surface area contributed by atoms with Gasteiger partial charge in [-0.05, 0) is 29.5 Å². The number of carbonyl (C=O) groups is 1. The van der Waals surface area contributed by atoms with Gasteiger partial charge in [0.25, 0.3) is 0 Å². The highest BCUT2D eigenvalue weighted by Gasteiger charge is 2.41. The summed E-state index contributed by atoms with van der Waals surface area (Å²) in [5.74, 6) is 4.32. The molecule has 0 saturated heterocycles. The minimum absolute atomic E-state index is 0.327. The van der Waals surface area contributed by atoms with Crippen LogP contribution in [0.4, 0.5) is 0 Å². The second kappa shape index (κ2) is 7.45. The van der Waals surface area contributed by atoms with E-state index in [0.717, 1.165) is 19.3 Å². The van der Waals surface area contributed by atoms with Gasteiger partial charge in [-0.2, -0.15) is 0 Å². The summed E-state index contributed by atoms with van der Waals surface area (Å²) in [4.78, 5) is 11.8. The van der Waals surface area contributed by atoms with Gasteiger partial charge < -0.3 is 0 Å². The maximum Gasteiger partial charge on any atom is 0.145 e. The Morgan fingerprint density at radius 3 is 2.05 bits per heavy atom. The van der Waals surface area contributed by atoms with Crippen LogP contribution in [0.2, 0.25) is 16.6 Å². The van der Waals surface area contributed by atoms with Crippen LogP contribution in [0.25, 0.3) is 0 Å². The fourth-order valence-corrected chi connectivity index (χ4v) is 9.30. The molecule has 0 N–H and O–H groups in total. The van der Waals surface area contributed by atoms with E-state index in [4.69, 9.17) is 0 Å². The molecule has 0 aromatic heterocycles. The Hall–Kier alpha value is -0.553. The van der Waals surface area contributed by atoms with Crippen molar-refractivity contribution in [3.05, 3.63) is 0 Å². The summed E-state index contributed by atoms with van der Waals surface area (Å²) in [7, 11) is -1.62. The lowest BCUT2D eigenvalue weighted by molar-refractivity contribution is -0.119. The first-order valence-electron chi connectivity index (χ1n) is 8.35. The second-order valence-corrected chi connectivity index (χ2v) is 12.9. The monoisotopic (exact) mass is 292 g/mol. The normalized spacial score (nSPS) is 21.1.